The van der Waals surface area contributed by atoms with Crippen LogP contribution in [0.4, 0.5) is 4.39 Å². The minimum atomic E-state index is -0.365. The first-order chi connectivity index (χ1) is 8.58. The Morgan fingerprint density at radius 3 is 2.78 bits per heavy atom. The first-order valence-electron chi connectivity index (χ1n) is 5.54. The van der Waals surface area contributed by atoms with Crippen molar-refractivity contribution in [1.29, 1.82) is 0 Å². The van der Waals surface area contributed by atoms with Crippen molar-refractivity contribution in [3.63, 3.8) is 0 Å². The SMILES string of the molecule is C=C1c2cc(C)c(Br)cc2Oc2c(F)cccc21. The third-order valence-corrected chi connectivity index (χ3v) is 3.94. The Morgan fingerprint density at radius 2 is 2.00 bits per heavy atom. The second-order valence-corrected chi connectivity index (χ2v) is 5.15. The van der Waals surface area contributed by atoms with Crippen LogP contribution in [-0.2, 0) is 0 Å². The number of halogens is 2. The zero-order valence-corrected chi connectivity index (χ0v) is 11.3. The van der Waals surface area contributed by atoms with Gasteiger partial charge in [-0.05, 0) is 36.3 Å². The third-order valence-electron chi connectivity index (χ3n) is 3.09. The lowest BCUT2D eigenvalue weighted by molar-refractivity contribution is 0.434. The molecule has 0 saturated heterocycles. The summed E-state index contributed by atoms with van der Waals surface area (Å²) >= 11 is 3.45. The van der Waals surface area contributed by atoms with Crippen molar-refractivity contribution >= 4 is 21.5 Å². The van der Waals surface area contributed by atoms with E-state index in [4.69, 9.17) is 4.74 Å². The van der Waals surface area contributed by atoms with Crippen LogP contribution in [0.15, 0.2) is 41.4 Å². The van der Waals surface area contributed by atoms with Gasteiger partial charge in [0.1, 0.15) is 5.75 Å². The summed E-state index contributed by atoms with van der Waals surface area (Å²) in [5.74, 6) is 0.525. The van der Waals surface area contributed by atoms with Gasteiger partial charge in [0.15, 0.2) is 11.6 Å². The lowest BCUT2D eigenvalue weighted by Gasteiger charge is -2.23. The van der Waals surface area contributed by atoms with Crippen molar-refractivity contribution in [2.45, 2.75) is 6.92 Å². The lowest BCUT2D eigenvalue weighted by Crippen LogP contribution is -2.04. The number of rotatable bonds is 0. The summed E-state index contributed by atoms with van der Waals surface area (Å²) in [4.78, 5) is 0. The molecule has 0 radical (unpaired) electrons. The fourth-order valence-electron chi connectivity index (χ4n) is 2.09. The molecule has 2 aromatic carbocycles. The molecule has 18 heavy (non-hydrogen) atoms. The summed E-state index contributed by atoms with van der Waals surface area (Å²) in [6.45, 7) is 6.05. The molecule has 0 N–H and O–H groups in total. The Labute approximate surface area is 113 Å². The van der Waals surface area contributed by atoms with Gasteiger partial charge >= 0.3 is 0 Å². The molecule has 1 heterocycles. The van der Waals surface area contributed by atoms with Gasteiger partial charge in [-0.3, -0.25) is 0 Å². The molecule has 1 aliphatic rings. The van der Waals surface area contributed by atoms with E-state index >= 15 is 0 Å². The minimum absolute atomic E-state index is 0.255. The highest BCUT2D eigenvalue weighted by atomic mass is 79.9. The average Bonchev–Trinajstić information content (AvgIpc) is 2.34. The second-order valence-electron chi connectivity index (χ2n) is 4.29. The highest BCUT2D eigenvalue weighted by molar-refractivity contribution is 9.10. The molecule has 0 spiro atoms. The van der Waals surface area contributed by atoms with E-state index < -0.39 is 0 Å². The van der Waals surface area contributed by atoms with Gasteiger partial charge in [0, 0.05) is 15.6 Å². The van der Waals surface area contributed by atoms with Crippen LogP contribution in [0, 0.1) is 12.7 Å². The average molecular weight is 305 g/mol. The summed E-state index contributed by atoms with van der Waals surface area (Å²) in [5.41, 5.74) is 3.51. The van der Waals surface area contributed by atoms with Crippen LogP contribution in [0.25, 0.3) is 5.57 Å². The molecule has 0 bridgehead atoms. The summed E-state index contributed by atoms with van der Waals surface area (Å²) in [5, 5.41) is 0. The van der Waals surface area contributed by atoms with E-state index in [9.17, 15) is 4.39 Å². The fourth-order valence-corrected chi connectivity index (χ4v) is 2.41. The maximum Gasteiger partial charge on any atom is 0.170 e. The molecule has 0 saturated carbocycles. The molecule has 3 heteroatoms. The minimum Gasteiger partial charge on any atom is -0.453 e. The lowest BCUT2D eigenvalue weighted by atomic mass is 9.94. The largest absolute Gasteiger partial charge is 0.453 e. The van der Waals surface area contributed by atoms with Crippen LogP contribution in [0.3, 0.4) is 0 Å². The molecule has 3 rings (SSSR count). The van der Waals surface area contributed by atoms with E-state index in [0.717, 1.165) is 21.2 Å². The van der Waals surface area contributed by atoms with Gasteiger partial charge in [-0.2, -0.15) is 0 Å². The van der Waals surface area contributed by atoms with Gasteiger partial charge in [-0.1, -0.05) is 34.6 Å². The van der Waals surface area contributed by atoms with E-state index in [1.807, 2.05) is 25.1 Å². The van der Waals surface area contributed by atoms with Gasteiger partial charge in [0.25, 0.3) is 0 Å². The maximum atomic E-state index is 13.7. The number of hydrogen-bond donors (Lipinski definition) is 0. The van der Waals surface area contributed by atoms with Gasteiger partial charge < -0.3 is 4.74 Å². The van der Waals surface area contributed by atoms with Crippen molar-refractivity contribution in [1.82, 2.24) is 0 Å². The molecule has 90 valence electrons. The second kappa shape index (κ2) is 3.95. The molecule has 0 aromatic heterocycles. The van der Waals surface area contributed by atoms with E-state index in [1.165, 1.54) is 6.07 Å². The summed E-state index contributed by atoms with van der Waals surface area (Å²) in [6.07, 6.45) is 0. The predicted molar refractivity (Wildman–Crippen MR) is 73.5 cm³/mol. The quantitative estimate of drug-likeness (QED) is 0.564. The predicted octanol–water partition coefficient (Wildman–Crippen LogP) is 5.06. The maximum absolute atomic E-state index is 13.7. The van der Waals surface area contributed by atoms with Gasteiger partial charge in [0.2, 0.25) is 0 Å². The number of para-hydroxylation sites is 1. The zero-order chi connectivity index (χ0) is 12.9. The van der Waals surface area contributed by atoms with Crippen LogP contribution in [0.2, 0.25) is 0 Å². The van der Waals surface area contributed by atoms with Gasteiger partial charge in [0.05, 0.1) is 0 Å². The molecular formula is C15H10BrFO. The van der Waals surface area contributed by atoms with E-state index in [2.05, 4.69) is 22.5 Å². The van der Waals surface area contributed by atoms with E-state index in [1.54, 1.807) is 6.07 Å². The molecular weight excluding hydrogens is 295 g/mol. The van der Waals surface area contributed by atoms with Crippen LogP contribution in [0.5, 0.6) is 11.5 Å². The Morgan fingerprint density at radius 1 is 1.22 bits per heavy atom. The third kappa shape index (κ3) is 1.58. The van der Waals surface area contributed by atoms with Crippen molar-refractivity contribution in [3.8, 4) is 11.5 Å². The van der Waals surface area contributed by atoms with Gasteiger partial charge in [-0.15, -0.1) is 0 Å². The highest BCUT2D eigenvalue weighted by Crippen LogP contribution is 2.45. The first-order valence-corrected chi connectivity index (χ1v) is 6.33. The summed E-state index contributed by atoms with van der Waals surface area (Å²) in [7, 11) is 0. The Hall–Kier alpha value is -1.61. The number of fused-ring (bicyclic) bond motifs is 2. The van der Waals surface area contributed by atoms with Crippen LogP contribution in [0.1, 0.15) is 16.7 Å². The van der Waals surface area contributed by atoms with Crippen molar-refractivity contribution in [2.75, 3.05) is 0 Å². The van der Waals surface area contributed by atoms with Crippen LogP contribution < -0.4 is 4.74 Å². The normalized spacial score (nSPS) is 12.7. The highest BCUT2D eigenvalue weighted by Gasteiger charge is 2.23. The molecule has 1 aliphatic heterocycles. The van der Waals surface area contributed by atoms with Crippen molar-refractivity contribution in [2.24, 2.45) is 0 Å². The topological polar surface area (TPSA) is 9.23 Å². The standard InChI is InChI=1S/C15H10BrFO/c1-8-6-11-9(2)10-4-3-5-13(17)15(10)18-14(11)7-12(8)16/h3-7H,2H2,1H3. The van der Waals surface area contributed by atoms with Crippen molar-refractivity contribution < 1.29 is 9.13 Å². The molecule has 1 nitrogen and oxygen atoms in total. The number of benzene rings is 2. The van der Waals surface area contributed by atoms with E-state index in [-0.39, 0.29) is 11.6 Å². The Balaban J connectivity index is 2.25. The van der Waals surface area contributed by atoms with Crippen LogP contribution in [-0.4, -0.2) is 0 Å². The molecule has 0 fully saturated rings. The fraction of sp³-hybridized carbons (Fsp3) is 0.0667. The summed E-state index contributed by atoms with van der Waals surface area (Å²) < 4.78 is 20.3. The van der Waals surface area contributed by atoms with Gasteiger partial charge in [-0.25, -0.2) is 4.39 Å². The Kier molecular flexibility index (Phi) is 2.52. The zero-order valence-electron chi connectivity index (χ0n) is 9.76. The summed E-state index contributed by atoms with van der Waals surface area (Å²) in [6, 6.07) is 8.72. The molecule has 0 amide bonds. The number of ether oxygens (including phenoxy) is 1. The molecule has 0 unspecified atom stereocenters. The monoisotopic (exact) mass is 304 g/mol. The van der Waals surface area contributed by atoms with E-state index in [0.29, 0.717) is 11.3 Å². The van der Waals surface area contributed by atoms with Crippen LogP contribution >= 0.6 is 15.9 Å². The first kappa shape index (κ1) is 11.5. The molecule has 2 aromatic rings. The smallest absolute Gasteiger partial charge is 0.170 e. The molecule has 0 aliphatic carbocycles. The van der Waals surface area contributed by atoms with Crippen molar-refractivity contribution in [3.05, 3.63) is 63.9 Å². The number of aryl methyl sites for hydroxylation is 1. The number of hydrogen-bond acceptors (Lipinski definition) is 1. The molecule has 0 atom stereocenters. The Bertz CT molecular complexity index is 676.